The van der Waals surface area contributed by atoms with E-state index in [9.17, 15) is 4.79 Å². The van der Waals surface area contributed by atoms with E-state index in [0.717, 1.165) is 32.0 Å². The normalized spacial score (nSPS) is 22.9. The zero-order valence-corrected chi connectivity index (χ0v) is 17.7. The average Bonchev–Trinajstić information content (AvgIpc) is 3.09. The number of likely N-dealkylation sites (tertiary alicyclic amines) is 1. The Labute approximate surface area is 167 Å². The van der Waals surface area contributed by atoms with Crippen molar-refractivity contribution < 1.29 is 0 Å². The second-order valence-electron chi connectivity index (χ2n) is 9.79. The Balaban J connectivity index is 1.53. The van der Waals surface area contributed by atoms with Crippen molar-refractivity contribution in [1.29, 1.82) is 0 Å². The van der Waals surface area contributed by atoms with Gasteiger partial charge in [-0.25, -0.2) is 4.68 Å². The van der Waals surface area contributed by atoms with Crippen molar-refractivity contribution in [2.45, 2.75) is 58.9 Å². The maximum absolute atomic E-state index is 12.6. The summed E-state index contributed by atoms with van der Waals surface area (Å²) in [4.78, 5) is 25.4. The second-order valence-corrected chi connectivity index (χ2v) is 9.79. The lowest BCUT2D eigenvalue weighted by Gasteiger charge is -2.38. The number of aromatic amines is 1. The van der Waals surface area contributed by atoms with E-state index in [1.54, 1.807) is 6.20 Å². The van der Waals surface area contributed by atoms with Gasteiger partial charge in [0.25, 0.3) is 5.56 Å². The molecule has 7 heteroatoms. The van der Waals surface area contributed by atoms with Gasteiger partial charge in [0, 0.05) is 19.6 Å². The minimum atomic E-state index is -0.213. The molecule has 28 heavy (non-hydrogen) atoms. The van der Waals surface area contributed by atoms with E-state index in [0.29, 0.717) is 22.9 Å². The van der Waals surface area contributed by atoms with Gasteiger partial charge in [-0.15, -0.1) is 0 Å². The maximum atomic E-state index is 12.6. The molecule has 0 saturated carbocycles. The highest BCUT2D eigenvalue weighted by Gasteiger charge is 2.26. The zero-order chi connectivity index (χ0) is 19.9. The minimum Gasteiger partial charge on any atom is -0.342 e. The topological polar surface area (TPSA) is 70.1 Å². The van der Waals surface area contributed by atoms with Gasteiger partial charge in [0.15, 0.2) is 5.65 Å². The van der Waals surface area contributed by atoms with Crippen LogP contribution in [0.1, 0.15) is 53.4 Å². The molecule has 1 N–H and O–H groups in total. The number of aromatic nitrogens is 4. The fraction of sp³-hybridized carbons (Fsp3) is 0.762. The van der Waals surface area contributed by atoms with Gasteiger partial charge in [-0.1, -0.05) is 6.92 Å². The lowest BCUT2D eigenvalue weighted by molar-refractivity contribution is 0.159. The SMILES string of the molecule is CC1CCN(CC2CCCN(c3nc4c(cnn4C(C)(C)C)c(=O)[nH]3)C2)CC1. The molecule has 2 aliphatic heterocycles. The van der Waals surface area contributed by atoms with E-state index in [1.165, 1.54) is 32.4 Å². The molecule has 0 radical (unpaired) electrons. The van der Waals surface area contributed by atoms with E-state index in [1.807, 2.05) is 4.68 Å². The molecule has 0 aromatic carbocycles. The van der Waals surface area contributed by atoms with Crippen LogP contribution >= 0.6 is 0 Å². The Kier molecular flexibility index (Phi) is 5.21. The Hall–Kier alpha value is -1.89. The summed E-state index contributed by atoms with van der Waals surface area (Å²) in [6, 6.07) is 0. The summed E-state index contributed by atoms with van der Waals surface area (Å²) < 4.78 is 1.86. The molecule has 154 valence electrons. The molecule has 7 nitrogen and oxygen atoms in total. The highest BCUT2D eigenvalue weighted by atomic mass is 16.1. The van der Waals surface area contributed by atoms with Crippen LogP contribution in [0.25, 0.3) is 11.0 Å². The Bertz CT molecular complexity index is 871. The van der Waals surface area contributed by atoms with Crippen molar-refractivity contribution in [3.05, 3.63) is 16.6 Å². The third-order valence-corrected chi connectivity index (χ3v) is 6.27. The summed E-state index contributed by atoms with van der Waals surface area (Å²) in [6.45, 7) is 14.1. The molecule has 2 saturated heterocycles. The van der Waals surface area contributed by atoms with Crippen molar-refractivity contribution in [2.24, 2.45) is 11.8 Å². The molecule has 1 unspecified atom stereocenters. The molecule has 4 rings (SSSR count). The van der Waals surface area contributed by atoms with E-state index in [4.69, 9.17) is 4.98 Å². The van der Waals surface area contributed by atoms with Gasteiger partial charge in [0.05, 0.1) is 11.7 Å². The molecule has 4 heterocycles. The van der Waals surface area contributed by atoms with Crippen LogP contribution in [0.15, 0.2) is 11.0 Å². The molecule has 0 bridgehead atoms. The van der Waals surface area contributed by atoms with Crippen molar-refractivity contribution >= 4 is 17.0 Å². The van der Waals surface area contributed by atoms with Gasteiger partial charge >= 0.3 is 0 Å². The van der Waals surface area contributed by atoms with E-state index in [-0.39, 0.29) is 11.1 Å². The third-order valence-electron chi connectivity index (χ3n) is 6.27. The van der Waals surface area contributed by atoms with Crippen LogP contribution in [0.5, 0.6) is 0 Å². The third kappa shape index (κ3) is 3.95. The van der Waals surface area contributed by atoms with Gasteiger partial charge < -0.3 is 9.80 Å². The van der Waals surface area contributed by atoms with Crippen LogP contribution in [-0.4, -0.2) is 57.4 Å². The number of anilines is 1. The summed E-state index contributed by atoms with van der Waals surface area (Å²) in [5.74, 6) is 2.20. The average molecular weight is 387 g/mol. The summed E-state index contributed by atoms with van der Waals surface area (Å²) in [6.07, 6.45) is 6.67. The van der Waals surface area contributed by atoms with Gasteiger partial charge in [-0.3, -0.25) is 9.78 Å². The number of nitrogens with one attached hydrogen (secondary N) is 1. The van der Waals surface area contributed by atoms with E-state index in [2.05, 4.69) is 47.6 Å². The second kappa shape index (κ2) is 7.50. The standard InChI is InChI=1S/C21H34N6O/c1-15-7-10-25(11-8-15)13-16-6-5-9-26(14-16)20-23-18-17(19(28)24-20)12-22-27(18)21(2,3)4/h12,15-16H,5-11,13-14H2,1-4H3,(H,23,24,28). The molecule has 2 aliphatic rings. The maximum Gasteiger partial charge on any atom is 0.263 e. The van der Waals surface area contributed by atoms with Gasteiger partial charge in [0.2, 0.25) is 5.95 Å². The largest absolute Gasteiger partial charge is 0.342 e. The highest BCUT2D eigenvalue weighted by Crippen LogP contribution is 2.25. The summed E-state index contributed by atoms with van der Waals surface area (Å²) in [5.41, 5.74) is 0.372. The van der Waals surface area contributed by atoms with E-state index >= 15 is 0 Å². The number of hydrogen-bond acceptors (Lipinski definition) is 5. The number of H-pyrrole nitrogens is 1. The molecular formula is C21H34N6O. The van der Waals surface area contributed by atoms with E-state index < -0.39 is 0 Å². The fourth-order valence-corrected chi connectivity index (χ4v) is 4.56. The number of fused-ring (bicyclic) bond motifs is 1. The number of piperidine rings is 2. The molecule has 2 aromatic rings. The predicted octanol–water partition coefficient (Wildman–Crippen LogP) is 2.82. The monoisotopic (exact) mass is 386 g/mol. The van der Waals surface area contributed by atoms with Gasteiger partial charge in [-0.2, -0.15) is 10.1 Å². The molecule has 2 fully saturated rings. The lowest BCUT2D eigenvalue weighted by Crippen LogP contribution is -2.44. The quantitative estimate of drug-likeness (QED) is 0.878. The summed E-state index contributed by atoms with van der Waals surface area (Å²) in [7, 11) is 0. The van der Waals surface area contributed by atoms with Crippen LogP contribution in [0.4, 0.5) is 5.95 Å². The van der Waals surface area contributed by atoms with Gasteiger partial charge in [-0.05, 0) is 71.4 Å². The molecule has 0 spiro atoms. The van der Waals surface area contributed by atoms with Crippen molar-refractivity contribution in [3.8, 4) is 0 Å². The molecular weight excluding hydrogens is 352 g/mol. The molecule has 0 aliphatic carbocycles. The minimum absolute atomic E-state index is 0.0948. The first-order chi connectivity index (χ1) is 13.3. The molecule has 2 aromatic heterocycles. The Morgan fingerprint density at radius 1 is 1.18 bits per heavy atom. The van der Waals surface area contributed by atoms with Crippen molar-refractivity contribution in [3.63, 3.8) is 0 Å². The van der Waals surface area contributed by atoms with Crippen LogP contribution in [-0.2, 0) is 5.54 Å². The Morgan fingerprint density at radius 3 is 2.64 bits per heavy atom. The smallest absolute Gasteiger partial charge is 0.263 e. The first-order valence-corrected chi connectivity index (χ1v) is 10.8. The predicted molar refractivity (Wildman–Crippen MR) is 113 cm³/mol. The molecule has 1 atom stereocenters. The van der Waals surface area contributed by atoms with Crippen LogP contribution in [0.3, 0.4) is 0 Å². The number of nitrogens with zero attached hydrogens (tertiary/aromatic N) is 5. The number of hydrogen-bond donors (Lipinski definition) is 1. The zero-order valence-electron chi connectivity index (χ0n) is 17.7. The fourth-order valence-electron chi connectivity index (χ4n) is 4.56. The van der Waals surface area contributed by atoms with Gasteiger partial charge in [0.1, 0.15) is 5.39 Å². The lowest BCUT2D eigenvalue weighted by atomic mass is 9.94. The van der Waals surface area contributed by atoms with Crippen LogP contribution in [0.2, 0.25) is 0 Å². The summed E-state index contributed by atoms with van der Waals surface area (Å²) in [5, 5.41) is 4.99. The van der Waals surface area contributed by atoms with Crippen LogP contribution in [0, 0.1) is 11.8 Å². The number of rotatable bonds is 3. The first-order valence-electron chi connectivity index (χ1n) is 10.8. The summed E-state index contributed by atoms with van der Waals surface area (Å²) >= 11 is 0. The Morgan fingerprint density at radius 2 is 1.93 bits per heavy atom. The molecule has 0 amide bonds. The van der Waals surface area contributed by atoms with Crippen LogP contribution < -0.4 is 10.5 Å². The first kappa shape index (κ1) is 19.4. The highest BCUT2D eigenvalue weighted by molar-refractivity contribution is 5.74. The van der Waals surface area contributed by atoms with Crippen molar-refractivity contribution in [2.75, 3.05) is 37.6 Å². The van der Waals surface area contributed by atoms with Crippen molar-refractivity contribution in [1.82, 2.24) is 24.6 Å².